The van der Waals surface area contributed by atoms with Gasteiger partial charge in [0.1, 0.15) is 6.04 Å². The molecule has 0 bridgehead atoms. The first-order valence-corrected chi connectivity index (χ1v) is 5.76. The van der Waals surface area contributed by atoms with E-state index in [4.69, 9.17) is 10.8 Å². The number of carboxylic acid groups (broad SMARTS) is 1. The first kappa shape index (κ1) is 13.0. The fourth-order valence-corrected chi connectivity index (χ4v) is 1.57. The minimum absolute atomic E-state index is 0.0636. The van der Waals surface area contributed by atoms with E-state index in [1.807, 2.05) is 13.8 Å². The minimum Gasteiger partial charge on any atom is -0.480 e. The zero-order valence-corrected chi connectivity index (χ0v) is 9.77. The molecular weight excluding hydrogens is 208 g/mol. The first-order chi connectivity index (χ1) is 7.47. The lowest BCUT2D eigenvalue weighted by molar-refractivity contribution is -0.142. The number of aliphatic carboxylic acids is 1. The van der Waals surface area contributed by atoms with E-state index in [9.17, 15) is 9.59 Å². The predicted molar refractivity (Wildman–Crippen MR) is 59.7 cm³/mol. The van der Waals surface area contributed by atoms with Gasteiger partial charge in [0.25, 0.3) is 0 Å². The molecule has 1 amide bonds. The van der Waals surface area contributed by atoms with Gasteiger partial charge in [-0.05, 0) is 24.7 Å². The molecule has 5 heteroatoms. The fourth-order valence-electron chi connectivity index (χ4n) is 1.57. The number of carboxylic acids is 1. The first-order valence-electron chi connectivity index (χ1n) is 5.76. The summed E-state index contributed by atoms with van der Waals surface area (Å²) in [5.41, 5.74) is 5.74. The predicted octanol–water partition coefficient (Wildman–Crippen LogP) is 0.339. The Morgan fingerprint density at radius 2 is 2.06 bits per heavy atom. The van der Waals surface area contributed by atoms with E-state index in [0.717, 1.165) is 19.3 Å². The Bertz CT molecular complexity index is 276. The van der Waals surface area contributed by atoms with Crippen molar-refractivity contribution >= 4 is 11.9 Å². The van der Waals surface area contributed by atoms with Gasteiger partial charge >= 0.3 is 5.97 Å². The second kappa shape index (κ2) is 5.30. The van der Waals surface area contributed by atoms with Gasteiger partial charge in [0.15, 0.2) is 0 Å². The van der Waals surface area contributed by atoms with Crippen LogP contribution in [-0.2, 0) is 9.59 Å². The van der Waals surface area contributed by atoms with Gasteiger partial charge in [-0.15, -0.1) is 0 Å². The normalized spacial score (nSPS) is 20.9. The topological polar surface area (TPSA) is 92.4 Å². The minimum atomic E-state index is -0.966. The molecule has 5 nitrogen and oxygen atoms in total. The molecule has 16 heavy (non-hydrogen) atoms. The Morgan fingerprint density at radius 3 is 2.44 bits per heavy atom. The molecule has 1 aliphatic carbocycles. The highest BCUT2D eigenvalue weighted by Crippen LogP contribution is 2.32. The summed E-state index contributed by atoms with van der Waals surface area (Å²) in [6, 6.07) is -1.38. The molecule has 0 saturated heterocycles. The third-order valence-corrected chi connectivity index (χ3v) is 3.22. The summed E-state index contributed by atoms with van der Waals surface area (Å²) in [6.07, 6.45) is 2.54. The van der Waals surface area contributed by atoms with Gasteiger partial charge < -0.3 is 16.2 Å². The number of amides is 1. The number of carbonyl (C=O) groups excluding carboxylic acids is 1. The van der Waals surface area contributed by atoms with Crippen LogP contribution < -0.4 is 11.1 Å². The van der Waals surface area contributed by atoms with E-state index in [-0.39, 0.29) is 17.7 Å². The Hall–Kier alpha value is -1.10. The zero-order valence-electron chi connectivity index (χ0n) is 9.77. The Morgan fingerprint density at radius 1 is 1.50 bits per heavy atom. The van der Waals surface area contributed by atoms with E-state index in [0.29, 0.717) is 0 Å². The molecule has 1 fully saturated rings. The van der Waals surface area contributed by atoms with E-state index in [2.05, 4.69) is 5.32 Å². The third kappa shape index (κ3) is 3.20. The highest BCUT2D eigenvalue weighted by molar-refractivity contribution is 5.87. The van der Waals surface area contributed by atoms with E-state index in [1.165, 1.54) is 0 Å². The van der Waals surface area contributed by atoms with Crippen molar-refractivity contribution in [3.05, 3.63) is 0 Å². The largest absolute Gasteiger partial charge is 0.480 e. The van der Waals surface area contributed by atoms with Crippen LogP contribution in [0.3, 0.4) is 0 Å². The summed E-state index contributed by atoms with van der Waals surface area (Å²) in [5.74, 6) is -1.17. The summed E-state index contributed by atoms with van der Waals surface area (Å²) in [5, 5.41) is 11.5. The highest BCUT2D eigenvalue weighted by atomic mass is 16.4. The van der Waals surface area contributed by atoms with Crippen LogP contribution in [0.4, 0.5) is 0 Å². The van der Waals surface area contributed by atoms with Crippen molar-refractivity contribution in [3.63, 3.8) is 0 Å². The lowest BCUT2D eigenvalue weighted by Crippen LogP contribution is -2.51. The smallest absolute Gasteiger partial charge is 0.326 e. The molecule has 1 rings (SSSR count). The van der Waals surface area contributed by atoms with Crippen molar-refractivity contribution in [2.75, 3.05) is 0 Å². The molecule has 3 atom stereocenters. The van der Waals surface area contributed by atoms with Crippen molar-refractivity contribution in [1.29, 1.82) is 0 Å². The molecular formula is C11H20N2O3. The lowest BCUT2D eigenvalue weighted by Gasteiger charge is -2.20. The summed E-state index contributed by atoms with van der Waals surface area (Å²) in [4.78, 5) is 22.6. The van der Waals surface area contributed by atoms with Crippen LogP contribution in [0, 0.1) is 11.8 Å². The third-order valence-electron chi connectivity index (χ3n) is 3.22. The standard InChI is InChI=1S/C11H20N2O3/c1-3-6(2)8(12)10(14)13-9(11(15)16)7-4-5-7/h6-9H,3-5,12H2,1-2H3,(H,13,14)(H,15,16). The van der Waals surface area contributed by atoms with Gasteiger partial charge in [0, 0.05) is 0 Å². The van der Waals surface area contributed by atoms with Gasteiger partial charge in [0.05, 0.1) is 6.04 Å². The Balaban J connectivity index is 2.51. The molecule has 0 aliphatic heterocycles. The van der Waals surface area contributed by atoms with Crippen LogP contribution in [0.15, 0.2) is 0 Å². The summed E-state index contributed by atoms with van der Waals surface area (Å²) < 4.78 is 0. The van der Waals surface area contributed by atoms with Crippen molar-refractivity contribution in [2.24, 2.45) is 17.6 Å². The second-order valence-electron chi connectivity index (χ2n) is 4.57. The van der Waals surface area contributed by atoms with Crippen LogP contribution in [0.25, 0.3) is 0 Å². The molecule has 0 heterocycles. The average Bonchev–Trinajstić information content (AvgIpc) is 3.06. The van der Waals surface area contributed by atoms with Crippen molar-refractivity contribution in [3.8, 4) is 0 Å². The van der Waals surface area contributed by atoms with E-state index < -0.39 is 18.1 Å². The van der Waals surface area contributed by atoms with E-state index >= 15 is 0 Å². The second-order valence-corrected chi connectivity index (χ2v) is 4.57. The van der Waals surface area contributed by atoms with Gasteiger partial charge in [-0.3, -0.25) is 4.79 Å². The maximum atomic E-state index is 11.7. The number of nitrogens with two attached hydrogens (primary N) is 1. The van der Waals surface area contributed by atoms with Gasteiger partial charge in [-0.1, -0.05) is 20.3 Å². The summed E-state index contributed by atoms with van der Waals surface area (Å²) in [7, 11) is 0. The monoisotopic (exact) mass is 228 g/mol. The maximum Gasteiger partial charge on any atom is 0.326 e. The number of rotatable bonds is 6. The summed E-state index contributed by atoms with van der Waals surface area (Å²) in [6.45, 7) is 3.84. The molecule has 3 unspecified atom stereocenters. The zero-order chi connectivity index (χ0) is 12.3. The van der Waals surface area contributed by atoms with Crippen molar-refractivity contribution in [2.45, 2.75) is 45.2 Å². The van der Waals surface area contributed by atoms with Crippen LogP contribution in [0.2, 0.25) is 0 Å². The number of hydrogen-bond acceptors (Lipinski definition) is 3. The lowest BCUT2D eigenvalue weighted by atomic mass is 9.99. The Labute approximate surface area is 95.4 Å². The molecule has 0 spiro atoms. The molecule has 1 aliphatic rings. The molecule has 0 aromatic rings. The van der Waals surface area contributed by atoms with E-state index in [1.54, 1.807) is 0 Å². The summed E-state index contributed by atoms with van der Waals surface area (Å²) >= 11 is 0. The number of nitrogens with one attached hydrogen (secondary N) is 1. The maximum absolute atomic E-state index is 11.7. The van der Waals surface area contributed by atoms with Crippen molar-refractivity contribution in [1.82, 2.24) is 5.32 Å². The molecule has 4 N–H and O–H groups in total. The van der Waals surface area contributed by atoms with Crippen LogP contribution in [0.5, 0.6) is 0 Å². The fraction of sp³-hybridized carbons (Fsp3) is 0.818. The Kier molecular flexibility index (Phi) is 4.29. The average molecular weight is 228 g/mol. The van der Waals surface area contributed by atoms with Crippen LogP contribution in [0.1, 0.15) is 33.1 Å². The van der Waals surface area contributed by atoms with Crippen LogP contribution >= 0.6 is 0 Å². The molecule has 0 radical (unpaired) electrons. The quantitative estimate of drug-likeness (QED) is 0.611. The molecule has 92 valence electrons. The highest BCUT2D eigenvalue weighted by Gasteiger charge is 2.38. The SMILES string of the molecule is CCC(C)C(N)C(=O)NC(C(=O)O)C1CC1. The van der Waals surface area contributed by atoms with Crippen LogP contribution in [-0.4, -0.2) is 29.1 Å². The van der Waals surface area contributed by atoms with Crippen molar-refractivity contribution < 1.29 is 14.7 Å². The van der Waals surface area contributed by atoms with Gasteiger partial charge in [-0.2, -0.15) is 0 Å². The molecule has 1 saturated carbocycles. The molecule has 0 aromatic heterocycles. The number of hydrogen-bond donors (Lipinski definition) is 3. The number of carbonyl (C=O) groups is 2. The van der Waals surface area contributed by atoms with Gasteiger partial charge in [-0.25, -0.2) is 4.79 Å². The molecule has 0 aromatic carbocycles. The van der Waals surface area contributed by atoms with Gasteiger partial charge in [0.2, 0.25) is 5.91 Å².